The highest BCUT2D eigenvalue weighted by Gasteiger charge is 2.07. The molecule has 0 saturated carbocycles. The molecule has 4 heteroatoms. The Morgan fingerprint density at radius 3 is 2.81 bits per heavy atom. The number of aromatic nitrogens is 2. The number of nitrogens with one attached hydrogen (secondary N) is 2. The number of rotatable bonds is 7. The number of anilines is 1. The number of aromatic amines is 1. The van der Waals surface area contributed by atoms with Crippen LogP contribution in [0.3, 0.4) is 0 Å². The molecule has 0 radical (unpaired) electrons. The Morgan fingerprint density at radius 2 is 2.19 bits per heavy atom. The molecule has 0 aliphatic carbocycles. The zero-order valence-corrected chi connectivity index (χ0v) is 10.1. The molecule has 90 valence electrons. The fraction of sp³-hybridized carbons (Fsp3) is 0.667. The topological polar surface area (TPSA) is 57.8 Å². The van der Waals surface area contributed by atoms with E-state index in [-0.39, 0.29) is 5.56 Å². The molecule has 1 rings (SSSR count). The first-order valence-electron chi connectivity index (χ1n) is 6.07. The predicted octanol–water partition coefficient (Wildman–Crippen LogP) is 2.54. The van der Waals surface area contributed by atoms with Gasteiger partial charge in [-0.25, -0.2) is 4.98 Å². The van der Waals surface area contributed by atoms with Crippen LogP contribution in [0.25, 0.3) is 0 Å². The quantitative estimate of drug-likeness (QED) is 0.746. The van der Waals surface area contributed by atoms with Crippen LogP contribution in [0.2, 0.25) is 0 Å². The molecule has 0 aromatic carbocycles. The van der Waals surface area contributed by atoms with E-state index in [0.29, 0.717) is 11.9 Å². The molecule has 1 unspecified atom stereocenters. The molecule has 0 fully saturated rings. The monoisotopic (exact) mass is 223 g/mol. The zero-order chi connectivity index (χ0) is 11.8. The lowest BCUT2D eigenvalue weighted by Gasteiger charge is -2.17. The normalized spacial score (nSPS) is 12.4. The molecular weight excluding hydrogens is 202 g/mol. The van der Waals surface area contributed by atoms with Crippen molar-refractivity contribution in [2.45, 2.75) is 52.0 Å². The minimum absolute atomic E-state index is 0.108. The maximum absolute atomic E-state index is 11.1. The second kappa shape index (κ2) is 7.04. The van der Waals surface area contributed by atoms with Gasteiger partial charge in [-0.05, 0) is 12.8 Å². The molecule has 0 aliphatic rings. The highest BCUT2D eigenvalue weighted by Crippen LogP contribution is 2.11. The molecule has 1 aromatic heterocycles. The maximum Gasteiger partial charge on any atom is 0.252 e. The van der Waals surface area contributed by atoms with E-state index in [4.69, 9.17) is 0 Å². The second-order valence-electron chi connectivity index (χ2n) is 4.07. The molecule has 0 bridgehead atoms. The first kappa shape index (κ1) is 12.7. The lowest BCUT2D eigenvalue weighted by Crippen LogP contribution is -2.21. The van der Waals surface area contributed by atoms with E-state index >= 15 is 0 Å². The van der Waals surface area contributed by atoms with Crippen molar-refractivity contribution >= 4 is 5.82 Å². The Labute approximate surface area is 96.5 Å². The molecule has 0 amide bonds. The van der Waals surface area contributed by atoms with Crippen LogP contribution in [-0.4, -0.2) is 16.0 Å². The third-order valence-electron chi connectivity index (χ3n) is 2.57. The van der Waals surface area contributed by atoms with Crippen molar-refractivity contribution in [3.63, 3.8) is 0 Å². The maximum atomic E-state index is 11.1. The Hall–Kier alpha value is -1.32. The molecular formula is C12H21N3O. The van der Waals surface area contributed by atoms with E-state index in [1.54, 1.807) is 0 Å². The van der Waals surface area contributed by atoms with Crippen molar-refractivity contribution < 1.29 is 0 Å². The van der Waals surface area contributed by atoms with E-state index < -0.39 is 0 Å². The SMILES string of the molecule is CCCCC(CCC)Nc1cc(=O)[nH]cn1. The first-order chi connectivity index (χ1) is 7.76. The molecule has 2 N–H and O–H groups in total. The standard InChI is InChI=1S/C12H21N3O/c1-3-5-7-10(6-4-2)15-11-8-12(16)14-9-13-11/h8-10H,3-7H2,1-2H3,(H2,13,14,15,16). The minimum Gasteiger partial charge on any atom is -0.367 e. The van der Waals surface area contributed by atoms with Gasteiger partial charge in [0.15, 0.2) is 0 Å². The second-order valence-corrected chi connectivity index (χ2v) is 4.07. The van der Waals surface area contributed by atoms with Crippen LogP contribution in [-0.2, 0) is 0 Å². The summed E-state index contributed by atoms with van der Waals surface area (Å²) in [5.41, 5.74) is -0.108. The summed E-state index contributed by atoms with van der Waals surface area (Å²) in [4.78, 5) is 17.7. The summed E-state index contributed by atoms with van der Waals surface area (Å²) in [5, 5.41) is 3.32. The number of hydrogen-bond acceptors (Lipinski definition) is 3. The fourth-order valence-electron chi connectivity index (χ4n) is 1.74. The van der Waals surface area contributed by atoms with E-state index in [0.717, 1.165) is 19.3 Å². The van der Waals surface area contributed by atoms with Crippen molar-refractivity contribution in [1.82, 2.24) is 9.97 Å². The summed E-state index contributed by atoms with van der Waals surface area (Å²) in [5.74, 6) is 0.679. The minimum atomic E-state index is -0.108. The summed E-state index contributed by atoms with van der Waals surface area (Å²) in [7, 11) is 0. The Kier molecular flexibility index (Phi) is 5.61. The molecule has 1 aromatic rings. The van der Waals surface area contributed by atoms with Crippen LogP contribution >= 0.6 is 0 Å². The van der Waals surface area contributed by atoms with Gasteiger partial charge in [-0.1, -0.05) is 33.1 Å². The number of hydrogen-bond donors (Lipinski definition) is 2. The first-order valence-corrected chi connectivity index (χ1v) is 6.07. The van der Waals surface area contributed by atoms with Crippen LogP contribution in [0.5, 0.6) is 0 Å². The molecule has 1 atom stereocenters. The number of nitrogens with zero attached hydrogens (tertiary/aromatic N) is 1. The van der Waals surface area contributed by atoms with Gasteiger partial charge in [0.1, 0.15) is 5.82 Å². The van der Waals surface area contributed by atoms with Gasteiger partial charge in [0.2, 0.25) is 0 Å². The Bertz CT molecular complexity index is 348. The highest BCUT2D eigenvalue weighted by molar-refractivity contribution is 5.32. The average molecular weight is 223 g/mol. The van der Waals surface area contributed by atoms with E-state index in [2.05, 4.69) is 29.1 Å². The molecule has 4 nitrogen and oxygen atoms in total. The smallest absolute Gasteiger partial charge is 0.252 e. The molecule has 16 heavy (non-hydrogen) atoms. The molecule has 0 aliphatic heterocycles. The molecule has 1 heterocycles. The van der Waals surface area contributed by atoms with Gasteiger partial charge in [0.05, 0.1) is 6.33 Å². The lowest BCUT2D eigenvalue weighted by molar-refractivity contribution is 0.562. The van der Waals surface area contributed by atoms with Gasteiger partial charge < -0.3 is 10.3 Å². The van der Waals surface area contributed by atoms with Crippen molar-refractivity contribution in [2.75, 3.05) is 5.32 Å². The molecule has 0 saturated heterocycles. The van der Waals surface area contributed by atoms with Gasteiger partial charge in [-0.2, -0.15) is 0 Å². The van der Waals surface area contributed by atoms with Gasteiger partial charge in [-0.15, -0.1) is 0 Å². The Balaban J connectivity index is 2.56. The summed E-state index contributed by atoms with van der Waals surface area (Å²) >= 11 is 0. The van der Waals surface area contributed by atoms with Crippen molar-refractivity contribution in [2.24, 2.45) is 0 Å². The lowest BCUT2D eigenvalue weighted by atomic mass is 10.1. The van der Waals surface area contributed by atoms with Gasteiger partial charge in [0.25, 0.3) is 5.56 Å². The van der Waals surface area contributed by atoms with Crippen LogP contribution in [0.4, 0.5) is 5.82 Å². The van der Waals surface area contributed by atoms with Gasteiger partial charge >= 0.3 is 0 Å². The van der Waals surface area contributed by atoms with Crippen molar-refractivity contribution in [3.05, 3.63) is 22.7 Å². The average Bonchev–Trinajstić information content (AvgIpc) is 2.26. The summed E-state index contributed by atoms with van der Waals surface area (Å²) in [6, 6.07) is 1.94. The number of H-pyrrole nitrogens is 1. The predicted molar refractivity (Wildman–Crippen MR) is 66.7 cm³/mol. The third kappa shape index (κ3) is 4.47. The summed E-state index contributed by atoms with van der Waals surface area (Å²) in [6.45, 7) is 4.36. The summed E-state index contributed by atoms with van der Waals surface area (Å²) < 4.78 is 0. The van der Waals surface area contributed by atoms with E-state index in [1.807, 2.05) is 0 Å². The largest absolute Gasteiger partial charge is 0.367 e. The van der Waals surface area contributed by atoms with Crippen LogP contribution in [0, 0.1) is 0 Å². The third-order valence-corrected chi connectivity index (χ3v) is 2.57. The zero-order valence-electron chi connectivity index (χ0n) is 10.1. The molecule has 0 spiro atoms. The summed E-state index contributed by atoms with van der Waals surface area (Å²) in [6.07, 6.45) is 7.25. The fourth-order valence-corrected chi connectivity index (χ4v) is 1.74. The van der Waals surface area contributed by atoms with E-state index in [1.165, 1.54) is 25.2 Å². The van der Waals surface area contributed by atoms with Crippen molar-refractivity contribution in [1.29, 1.82) is 0 Å². The van der Waals surface area contributed by atoms with E-state index in [9.17, 15) is 4.79 Å². The van der Waals surface area contributed by atoms with Crippen LogP contribution in [0.1, 0.15) is 46.0 Å². The van der Waals surface area contributed by atoms with Gasteiger partial charge in [0, 0.05) is 12.1 Å². The van der Waals surface area contributed by atoms with Crippen LogP contribution < -0.4 is 10.9 Å². The van der Waals surface area contributed by atoms with Crippen LogP contribution in [0.15, 0.2) is 17.2 Å². The van der Waals surface area contributed by atoms with Crippen molar-refractivity contribution in [3.8, 4) is 0 Å². The highest BCUT2D eigenvalue weighted by atomic mass is 16.1. The van der Waals surface area contributed by atoms with Gasteiger partial charge in [-0.3, -0.25) is 4.79 Å². The number of unbranched alkanes of at least 4 members (excludes halogenated alkanes) is 1. The Morgan fingerprint density at radius 1 is 1.38 bits per heavy atom.